The number of aromatic nitrogens is 2. The summed E-state index contributed by atoms with van der Waals surface area (Å²) in [6.07, 6.45) is 0.147. The standard InChI is InChI=1S/C10H14N4O5/c1-10(2,4-3-8(15)16)11-9(17)6-5-7(13-12-6)14(18)19/h5H,3-4H2,1-2H3,(H,11,17)(H,12,13)(H,15,16). The van der Waals surface area contributed by atoms with Crippen LogP contribution in [-0.4, -0.2) is 37.6 Å². The number of nitro groups is 1. The highest BCUT2D eigenvalue weighted by Crippen LogP contribution is 2.14. The van der Waals surface area contributed by atoms with E-state index in [4.69, 9.17) is 5.11 Å². The van der Waals surface area contributed by atoms with Gasteiger partial charge in [-0.1, -0.05) is 5.10 Å². The number of carboxylic acid groups (broad SMARTS) is 1. The monoisotopic (exact) mass is 270 g/mol. The van der Waals surface area contributed by atoms with Crippen LogP contribution in [0.3, 0.4) is 0 Å². The minimum Gasteiger partial charge on any atom is -0.481 e. The van der Waals surface area contributed by atoms with Crippen LogP contribution in [0.2, 0.25) is 0 Å². The Morgan fingerprint density at radius 1 is 1.58 bits per heavy atom. The maximum atomic E-state index is 11.8. The van der Waals surface area contributed by atoms with Gasteiger partial charge in [0.2, 0.25) is 0 Å². The first-order chi connectivity index (χ1) is 8.71. The molecule has 0 radical (unpaired) electrons. The number of nitrogens with one attached hydrogen (secondary N) is 2. The van der Waals surface area contributed by atoms with Crippen LogP contribution in [0.5, 0.6) is 0 Å². The molecule has 1 rings (SSSR count). The fourth-order valence-electron chi connectivity index (χ4n) is 1.37. The number of aromatic amines is 1. The summed E-state index contributed by atoms with van der Waals surface area (Å²) in [6, 6.07) is 1.02. The van der Waals surface area contributed by atoms with Gasteiger partial charge in [0.05, 0.1) is 6.07 Å². The molecular weight excluding hydrogens is 256 g/mol. The molecule has 19 heavy (non-hydrogen) atoms. The highest BCUT2D eigenvalue weighted by atomic mass is 16.6. The summed E-state index contributed by atoms with van der Waals surface area (Å²) in [7, 11) is 0. The SMILES string of the molecule is CC(C)(CCC(=O)O)NC(=O)c1cc([N+](=O)[O-])[nH]n1. The summed E-state index contributed by atoms with van der Waals surface area (Å²) >= 11 is 0. The highest BCUT2D eigenvalue weighted by Gasteiger charge is 2.25. The maximum absolute atomic E-state index is 11.8. The quantitative estimate of drug-likeness (QED) is 0.513. The minimum atomic E-state index is -0.960. The van der Waals surface area contributed by atoms with E-state index in [0.29, 0.717) is 0 Å². The van der Waals surface area contributed by atoms with Crippen LogP contribution in [-0.2, 0) is 4.79 Å². The van der Waals surface area contributed by atoms with Crippen molar-refractivity contribution in [1.29, 1.82) is 0 Å². The van der Waals surface area contributed by atoms with E-state index in [9.17, 15) is 19.7 Å². The molecule has 0 saturated heterocycles. The molecule has 0 aliphatic carbocycles. The maximum Gasteiger partial charge on any atom is 0.343 e. The average Bonchev–Trinajstić information content (AvgIpc) is 2.75. The van der Waals surface area contributed by atoms with Crippen LogP contribution in [0.4, 0.5) is 5.82 Å². The van der Waals surface area contributed by atoms with Gasteiger partial charge in [-0.25, -0.2) is 0 Å². The predicted octanol–water partition coefficient (Wildman–Crippen LogP) is 0.691. The number of amides is 1. The summed E-state index contributed by atoms with van der Waals surface area (Å²) in [4.78, 5) is 32.0. The van der Waals surface area contributed by atoms with Crippen LogP contribution >= 0.6 is 0 Å². The smallest absolute Gasteiger partial charge is 0.343 e. The van der Waals surface area contributed by atoms with Crippen LogP contribution in [0.15, 0.2) is 6.07 Å². The van der Waals surface area contributed by atoms with E-state index in [1.54, 1.807) is 13.8 Å². The minimum absolute atomic E-state index is 0.0893. The van der Waals surface area contributed by atoms with Crippen LogP contribution < -0.4 is 5.32 Å². The number of hydrogen-bond acceptors (Lipinski definition) is 5. The largest absolute Gasteiger partial charge is 0.481 e. The molecule has 0 aromatic carbocycles. The van der Waals surface area contributed by atoms with Crippen molar-refractivity contribution in [3.8, 4) is 0 Å². The second-order valence-electron chi connectivity index (χ2n) is 4.63. The summed E-state index contributed by atoms with van der Waals surface area (Å²) < 4.78 is 0. The van der Waals surface area contributed by atoms with Gasteiger partial charge in [0, 0.05) is 12.0 Å². The molecule has 0 bridgehead atoms. The Morgan fingerprint density at radius 3 is 2.68 bits per heavy atom. The van der Waals surface area contributed by atoms with Gasteiger partial charge >= 0.3 is 11.8 Å². The topological polar surface area (TPSA) is 138 Å². The molecule has 0 saturated carbocycles. The van der Waals surface area contributed by atoms with Crippen molar-refractivity contribution >= 4 is 17.7 Å². The molecule has 9 heteroatoms. The van der Waals surface area contributed by atoms with E-state index >= 15 is 0 Å². The molecule has 1 heterocycles. The van der Waals surface area contributed by atoms with Crippen LogP contribution in [0.1, 0.15) is 37.2 Å². The molecule has 0 unspecified atom stereocenters. The summed E-state index contributed by atoms with van der Waals surface area (Å²) in [5.41, 5.74) is -0.862. The van der Waals surface area contributed by atoms with Crippen molar-refractivity contribution in [2.24, 2.45) is 0 Å². The number of hydrogen-bond donors (Lipinski definition) is 3. The van der Waals surface area contributed by atoms with Crippen molar-refractivity contribution in [3.05, 3.63) is 21.9 Å². The van der Waals surface area contributed by atoms with Gasteiger partial charge in [0.1, 0.15) is 0 Å². The Hall–Kier alpha value is -2.45. The summed E-state index contributed by atoms with van der Waals surface area (Å²) in [5, 5.41) is 27.2. The molecule has 3 N–H and O–H groups in total. The lowest BCUT2D eigenvalue weighted by Gasteiger charge is -2.24. The Balaban J connectivity index is 2.67. The zero-order valence-corrected chi connectivity index (χ0v) is 10.5. The Bertz CT molecular complexity index is 508. The molecule has 104 valence electrons. The van der Waals surface area contributed by atoms with Gasteiger partial charge in [-0.2, -0.15) is 0 Å². The fourth-order valence-corrected chi connectivity index (χ4v) is 1.37. The molecular formula is C10H14N4O5. The number of aliphatic carboxylic acids is 1. The number of carboxylic acids is 1. The predicted molar refractivity (Wildman–Crippen MR) is 63.7 cm³/mol. The van der Waals surface area contributed by atoms with Gasteiger partial charge in [-0.15, -0.1) is 5.10 Å². The number of carbonyl (C=O) groups is 2. The van der Waals surface area contributed by atoms with Gasteiger partial charge in [0.25, 0.3) is 5.91 Å². The second kappa shape index (κ2) is 5.46. The van der Waals surface area contributed by atoms with Crippen molar-refractivity contribution in [1.82, 2.24) is 15.5 Å². The van der Waals surface area contributed by atoms with E-state index < -0.39 is 22.3 Å². The first kappa shape index (κ1) is 14.6. The van der Waals surface area contributed by atoms with E-state index in [1.807, 2.05) is 0 Å². The lowest BCUT2D eigenvalue weighted by Crippen LogP contribution is -2.43. The third-order valence-electron chi connectivity index (χ3n) is 2.41. The number of rotatable bonds is 6. The normalized spacial score (nSPS) is 11.1. The number of nitrogens with zero attached hydrogens (tertiary/aromatic N) is 2. The molecule has 0 spiro atoms. The van der Waals surface area contributed by atoms with Crippen molar-refractivity contribution in [2.75, 3.05) is 0 Å². The lowest BCUT2D eigenvalue weighted by molar-refractivity contribution is -0.389. The molecule has 0 aliphatic rings. The number of carbonyl (C=O) groups excluding carboxylic acids is 1. The lowest BCUT2D eigenvalue weighted by atomic mass is 9.98. The molecule has 1 aromatic heterocycles. The molecule has 0 aliphatic heterocycles. The molecule has 1 aromatic rings. The molecule has 9 nitrogen and oxygen atoms in total. The van der Waals surface area contributed by atoms with Crippen molar-refractivity contribution < 1.29 is 19.6 Å². The van der Waals surface area contributed by atoms with E-state index in [-0.39, 0.29) is 24.4 Å². The van der Waals surface area contributed by atoms with Gasteiger partial charge in [0.15, 0.2) is 5.69 Å². The Kier molecular flexibility index (Phi) is 4.20. The molecule has 1 amide bonds. The van der Waals surface area contributed by atoms with Crippen LogP contribution in [0.25, 0.3) is 0 Å². The summed E-state index contributed by atoms with van der Waals surface area (Å²) in [6.45, 7) is 3.32. The Labute approximate surface area is 108 Å². The second-order valence-corrected chi connectivity index (χ2v) is 4.63. The van der Waals surface area contributed by atoms with Crippen molar-refractivity contribution in [3.63, 3.8) is 0 Å². The summed E-state index contributed by atoms with van der Waals surface area (Å²) in [5.74, 6) is -1.94. The van der Waals surface area contributed by atoms with Crippen molar-refractivity contribution in [2.45, 2.75) is 32.2 Å². The van der Waals surface area contributed by atoms with Gasteiger partial charge < -0.3 is 20.5 Å². The highest BCUT2D eigenvalue weighted by molar-refractivity contribution is 5.93. The first-order valence-corrected chi connectivity index (χ1v) is 5.45. The van der Waals surface area contributed by atoms with Gasteiger partial charge in [-0.3, -0.25) is 9.59 Å². The fraction of sp³-hybridized carbons (Fsp3) is 0.500. The third kappa shape index (κ3) is 4.37. The van der Waals surface area contributed by atoms with E-state index in [0.717, 1.165) is 6.07 Å². The first-order valence-electron chi connectivity index (χ1n) is 5.45. The molecule has 0 fully saturated rings. The Morgan fingerprint density at radius 2 is 2.21 bits per heavy atom. The van der Waals surface area contributed by atoms with Gasteiger partial charge in [-0.05, 0) is 25.2 Å². The van der Waals surface area contributed by atoms with Crippen LogP contribution in [0, 0.1) is 10.1 Å². The zero-order chi connectivity index (χ0) is 14.6. The average molecular weight is 270 g/mol. The van der Waals surface area contributed by atoms with E-state index in [2.05, 4.69) is 15.5 Å². The molecule has 0 atom stereocenters. The van der Waals surface area contributed by atoms with E-state index in [1.165, 1.54) is 0 Å². The third-order valence-corrected chi connectivity index (χ3v) is 2.41. The zero-order valence-electron chi connectivity index (χ0n) is 10.5. The number of H-pyrrole nitrogens is 1.